The predicted octanol–water partition coefficient (Wildman–Crippen LogP) is 6.68. The molecule has 1 N–H and O–H groups in total. The molecule has 0 radical (unpaired) electrons. The molecule has 1 aliphatic rings. The summed E-state index contributed by atoms with van der Waals surface area (Å²) >= 11 is 0. The zero-order chi connectivity index (χ0) is 27.9. The van der Waals surface area contributed by atoms with Gasteiger partial charge in [0.05, 0.1) is 12.1 Å². The van der Waals surface area contributed by atoms with Gasteiger partial charge in [-0.05, 0) is 68.7 Å². The summed E-state index contributed by atoms with van der Waals surface area (Å²) in [6.45, 7) is 5.31. The highest BCUT2D eigenvalue weighted by molar-refractivity contribution is 6.00. The number of hydrogen-bond donors (Lipinski definition) is 1. The molecule has 2 unspecified atom stereocenters. The summed E-state index contributed by atoms with van der Waals surface area (Å²) in [6, 6.07) is 13.4. The number of carbonyl (C=O) groups excluding carboxylic acids is 1. The Bertz CT molecular complexity index is 1290. The van der Waals surface area contributed by atoms with Crippen LogP contribution in [0.5, 0.6) is 5.75 Å². The van der Waals surface area contributed by atoms with E-state index in [0.717, 1.165) is 17.8 Å². The lowest BCUT2D eigenvalue weighted by Crippen LogP contribution is -2.47. The Kier molecular flexibility index (Phi) is 7.17. The first-order valence-corrected chi connectivity index (χ1v) is 11.7. The van der Waals surface area contributed by atoms with Crippen molar-refractivity contribution in [2.75, 3.05) is 4.90 Å². The number of aromatic nitrogens is 1. The van der Waals surface area contributed by atoms with Crippen molar-refractivity contribution in [3.63, 3.8) is 0 Å². The third kappa shape index (κ3) is 6.09. The van der Waals surface area contributed by atoms with E-state index in [1.165, 1.54) is 29.2 Å². The van der Waals surface area contributed by atoms with Crippen LogP contribution < -0.4 is 15.0 Å². The number of carbonyl (C=O) groups is 1. The summed E-state index contributed by atoms with van der Waals surface area (Å²) in [5.74, 6) is -0.729. The van der Waals surface area contributed by atoms with E-state index in [1.807, 2.05) is 19.1 Å². The monoisotopic (exact) mass is 537 g/mol. The van der Waals surface area contributed by atoms with Crippen molar-refractivity contribution in [2.45, 2.75) is 57.4 Å². The lowest BCUT2D eigenvalue weighted by molar-refractivity contribution is -0.274. The van der Waals surface area contributed by atoms with Gasteiger partial charge >= 0.3 is 12.5 Å². The number of nitrogens with one attached hydrogen (secondary N) is 1. The van der Waals surface area contributed by atoms with Crippen LogP contribution in [0.1, 0.15) is 48.7 Å². The number of nitrogens with zero attached hydrogens (tertiary/aromatic N) is 2. The molecule has 2 aromatic carbocycles. The Labute approximate surface area is 215 Å². The maximum atomic E-state index is 13.7. The Hall–Kier alpha value is -3.60. The summed E-state index contributed by atoms with van der Waals surface area (Å²) in [7, 11) is 0. The number of amides is 1. The van der Waals surface area contributed by atoms with E-state index in [4.69, 9.17) is 0 Å². The number of rotatable bonds is 6. The van der Waals surface area contributed by atoms with Gasteiger partial charge in [0, 0.05) is 17.4 Å². The summed E-state index contributed by atoms with van der Waals surface area (Å²) in [5, 5.41) is 3.22. The topological polar surface area (TPSA) is 54.5 Å². The number of alkyl halides is 6. The Morgan fingerprint density at radius 2 is 1.66 bits per heavy atom. The molecule has 2 atom stereocenters. The van der Waals surface area contributed by atoms with E-state index in [0.29, 0.717) is 16.8 Å². The molecule has 0 aliphatic carbocycles. The standard InChI is InChI=1S/C27H25F6N3O2/c1-16-7-10-19(11-8-16)36-22(17-5-4-6-20(13-17)38-27(31,32)33)14-21(24(36)37)35-25(2,3)18-9-12-23(34-15-18)26(28,29)30/h4-13,15,21-22,35H,14H2,1-3H3. The molecule has 5 nitrogen and oxygen atoms in total. The second kappa shape index (κ2) is 9.94. The van der Waals surface area contributed by atoms with Gasteiger partial charge in [-0.2, -0.15) is 13.2 Å². The maximum Gasteiger partial charge on any atom is 0.573 e. The third-order valence-electron chi connectivity index (χ3n) is 6.41. The molecule has 0 saturated carbocycles. The average Bonchev–Trinajstić information content (AvgIpc) is 3.13. The molecule has 1 aliphatic heterocycles. The van der Waals surface area contributed by atoms with Crippen molar-refractivity contribution in [3.8, 4) is 5.75 Å². The molecule has 2 heterocycles. The lowest BCUT2D eigenvalue weighted by atomic mass is 9.93. The highest BCUT2D eigenvalue weighted by atomic mass is 19.4. The minimum Gasteiger partial charge on any atom is -0.406 e. The van der Waals surface area contributed by atoms with Crippen molar-refractivity contribution in [1.82, 2.24) is 10.3 Å². The Morgan fingerprint density at radius 3 is 2.24 bits per heavy atom. The van der Waals surface area contributed by atoms with Crippen molar-refractivity contribution in [3.05, 3.63) is 89.2 Å². The van der Waals surface area contributed by atoms with Crippen LogP contribution in [0.25, 0.3) is 0 Å². The van der Waals surface area contributed by atoms with E-state index in [-0.39, 0.29) is 12.3 Å². The summed E-state index contributed by atoms with van der Waals surface area (Å²) in [6.07, 6.45) is -8.14. The first kappa shape index (κ1) is 27.4. The molecule has 4 rings (SSSR count). The van der Waals surface area contributed by atoms with E-state index >= 15 is 0 Å². The van der Waals surface area contributed by atoms with Crippen LogP contribution in [0, 0.1) is 6.92 Å². The SMILES string of the molecule is Cc1ccc(N2C(=O)C(NC(C)(C)c3ccc(C(F)(F)F)nc3)CC2c2cccc(OC(F)(F)F)c2)cc1. The lowest BCUT2D eigenvalue weighted by Gasteiger charge is -2.30. The number of pyridine rings is 1. The molecule has 1 aromatic heterocycles. The molecule has 0 spiro atoms. The molecule has 1 fully saturated rings. The van der Waals surface area contributed by atoms with Crippen molar-refractivity contribution < 1.29 is 35.9 Å². The van der Waals surface area contributed by atoms with E-state index in [1.54, 1.807) is 32.0 Å². The molecular formula is C27H25F6N3O2. The van der Waals surface area contributed by atoms with Crippen molar-refractivity contribution in [2.24, 2.45) is 0 Å². The largest absolute Gasteiger partial charge is 0.573 e. The minimum absolute atomic E-state index is 0.194. The molecule has 38 heavy (non-hydrogen) atoms. The molecule has 1 saturated heterocycles. The number of halogens is 6. The van der Waals surface area contributed by atoms with E-state index in [9.17, 15) is 31.1 Å². The number of hydrogen-bond acceptors (Lipinski definition) is 4. The van der Waals surface area contributed by atoms with Gasteiger partial charge < -0.3 is 9.64 Å². The zero-order valence-electron chi connectivity index (χ0n) is 20.7. The van der Waals surface area contributed by atoms with Crippen LogP contribution in [0.15, 0.2) is 66.9 Å². The summed E-state index contributed by atoms with van der Waals surface area (Å²) in [5.41, 5.74) is 0.421. The fourth-order valence-electron chi connectivity index (χ4n) is 4.54. The van der Waals surface area contributed by atoms with Crippen LogP contribution in [0.3, 0.4) is 0 Å². The van der Waals surface area contributed by atoms with Crippen LogP contribution in [-0.2, 0) is 16.5 Å². The molecule has 11 heteroatoms. The fraction of sp³-hybridized carbons (Fsp3) is 0.333. The van der Waals surface area contributed by atoms with E-state index in [2.05, 4.69) is 15.0 Å². The Balaban J connectivity index is 1.65. The van der Waals surface area contributed by atoms with Gasteiger partial charge in [0.15, 0.2) is 0 Å². The van der Waals surface area contributed by atoms with Crippen molar-refractivity contribution in [1.29, 1.82) is 0 Å². The van der Waals surface area contributed by atoms with Crippen LogP contribution in [0.4, 0.5) is 32.0 Å². The van der Waals surface area contributed by atoms with Gasteiger partial charge in [0.2, 0.25) is 5.91 Å². The quantitative estimate of drug-likeness (QED) is 0.357. The molecular weight excluding hydrogens is 512 g/mol. The first-order chi connectivity index (χ1) is 17.6. The van der Waals surface area contributed by atoms with Gasteiger partial charge in [0.1, 0.15) is 11.4 Å². The molecule has 1 amide bonds. The van der Waals surface area contributed by atoms with Crippen molar-refractivity contribution >= 4 is 11.6 Å². The number of benzene rings is 2. The van der Waals surface area contributed by atoms with Crippen LogP contribution in [0.2, 0.25) is 0 Å². The second-order valence-electron chi connectivity index (χ2n) is 9.67. The normalized spacial score (nSPS) is 18.7. The number of aryl methyl sites for hydroxylation is 1. The van der Waals surface area contributed by atoms with Gasteiger partial charge in [0.25, 0.3) is 0 Å². The highest BCUT2D eigenvalue weighted by Gasteiger charge is 2.44. The van der Waals surface area contributed by atoms with Gasteiger partial charge in [-0.15, -0.1) is 13.2 Å². The van der Waals surface area contributed by atoms with Gasteiger partial charge in [-0.1, -0.05) is 35.9 Å². The summed E-state index contributed by atoms with van der Waals surface area (Å²) < 4.78 is 81.4. The van der Waals surface area contributed by atoms with Crippen LogP contribution >= 0.6 is 0 Å². The molecule has 0 bridgehead atoms. The third-order valence-corrected chi connectivity index (χ3v) is 6.41. The Morgan fingerprint density at radius 1 is 0.974 bits per heavy atom. The predicted molar refractivity (Wildman–Crippen MR) is 128 cm³/mol. The summed E-state index contributed by atoms with van der Waals surface area (Å²) in [4.78, 5) is 18.7. The van der Waals surface area contributed by atoms with E-state index < -0.39 is 41.6 Å². The average molecular weight is 538 g/mol. The maximum absolute atomic E-state index is 13.7. The highest BCUT2D eigenvalue weighted by Crippen LogP contribution is 2.40. The molecule has 3 aromatic rings. The number of anilines is 1. The van der Waals surface area contributed by atoms with Gasteiger partial charge in [-0.25, -0.2) is 0 Å². The van der Waals surface area contributed by atoms with Crippen LogP contribution in [-0.4, -0.2) is 23.3 Å². The molecule has 202 valence electrons. The minimum atomic E-state index is -4.87. The number of ether oxygens (including phenoxy) is 1. The fourth-order valence-corrected chi connectivity index (χ4v) is 4.54. The zero-order valence-corrected chi connectivity index (χ0v) is 20.7. The second-order valence-corrected chi connectivity index (χ2v) is 9.67. The van der Waals surface area contributed by atoms with Gasteiger partial charge in [-0.3, -0.25) is 15.1 Å². The first-order valence-electron chi connectivity index (χ1n) is 11.7. The smallest absolute Gasteiger partial charge is 0.406 e.